The molecule has 0 aliphatic rings. The summed E-state index contributed by atoms with van der Waals surface area (Å²) in [6.07, 6.45) is 1.30. The van der Waals surface area contributed by atoms with Gasteiger partial charge in [-0.1, -0.05) is 13.3 Å². The molecule has 0 aromatic rings. The van der Waals surface area contributed by atoms with Crippen LogP contribution in [0.4, 0.5) is 4.79 Å². The Morgan fingerprint density at radius 1 is 1.21 bits per heavy atom. The fraction of sp³-hybridized carbons (Fsp3) is 0.750. The van der Waals surface area contributed by atoms with E-state index in [-0.39, 0.29) is 18.9 Å². The fourth-order valence-electron chi connectivity index (χ4n) is 1.59. The normalized spacial score (nSPS) is 13.4. The zero-order valence-electron chi connectivity index (χ0n) is 11.5. The molecule has 0 aromatic carbocycles. The summed E-state index contributed by atoms with van der Waals surface area (Å²) in [6, 6.07) is -1.68. The Hall–Kier alpha value is -1.79. The van der Waals surface area contributed by atoms with Crippen LogP contribution in [0.3, 0.4) is 0 Å². The predicted octanol–water partition coefficient (Wildman–Crippen LogP) is 1.13. The molecule has 2 atom stereocenters. The molecule has 2 amide bonds. The molecule has 0 spiro atoms. The first-order valence-corrected chi connectivity index (χ1v) is 6.27. The summed E-state index contributed by atoms with van der Waals surface area (Å²) in [4.78, 5) is 34.6. The van der Waals surface area contributed by atoms with Gasteiger partial charge in [0.15, 0.2) is 0 Å². The third kappa shape index (κ3) is 6.64. The lowest BCUT2D eigenvalue weighted by molar-refractivity contribution is -0.140. The number of urea groups is 1. The van der Waals surface area contributed by atoms with E-state index < -0.39 is 24.0 Å². The molecule has 0 saturated heterocycles. The molecule has 19 heavy (non-hydrogen) atoms. The first kappa shape index (κ1) is 17.2. The van der Waals surface area contributed by atoms with Gasteiger partial charge in [0, 0.05) is 19.5 Å². The molecule has 1 unspecified atom stereocenters. The molecule has 0 aliphatic carbocycles. The number of hydrogen-bond acceptors (Lipinski definition) is 3. The van der Waals surface area contributed by atoms with E-state index in [1.165, 1.54) is 4.90 Å². The second-order valence-electron chi connectivity index (χ2n) is 4.52. The lowest BCUT2D eigenvalue weighted by Crippen LogP contribution is -2.49. The molecule has 110 valence electrons. The van der Waals surface area contributed by atoms with Crippen LogP contribution in [0, 0.1) is 0 Å². The van der Waals surface area contributed by atoms with Crippen molar-refractivity contribution in [2.75, 3.05) is 7.05 Å². The highest BCUT2D eigenvalue weighted by atomic mass is 16.4. The Morgan fingerprint density at radius 2 is 1.79 bits per heavy atom. The predicted molar refractivity (Wildman–Crippen MR) is 69.0 cm³/mol. The molecular weight excluding hydrogens is 252 g/mol. The van der Waals surface area contributed by atoms with Gasteiger partial charge >= 0.3 is 18.0 Å². The van der Waals surface area contributed by atoms with E-state index in [0.29, 0.717) is 0 Å². The Bertz CT molecular complexity index is 332. The third-order valence-corrected chi connectivity index (χ3v) is 2.93. The number of carbonyl (C=O) groups is 3. The minimum absolute atomic E-state index is 0.00100. The van der Waals surface area contributed by atoms with Crippen LogP contribution >= 0.6 is 0 Å². The number of aliphatic carboxylic acids is 2. The van der Waals surface area contributed by atoms with E-state index in [4.69, 9.17) is 10.2 Å². The molecular formula is C12H22N2O5. The van der Waals surface area contributed by atoms with Crippen molar-refractivity contribution in [3.8, 4) is 0 Å². The average Bonchev–Trinajstić information content (AvgIpc) is 2.32. The van der Waals surface area contributed by atoms with Gasteiger partial charge in [-0.15, -0.1) is 0 Å². The molecule has 7 nitrogen and oxygen atoms in total. The van der Waals surface area contributed by atoms with Crippen LogP contribution in [-0.4, -0.2) is 52.2 Å². The number of carboxylic acids is 2. The van der Waals surface area contributed by atoms with Gasteiger partial charge in [0.05, 0.1) is 0 Å². The van der Waals surface area contributed by atoms with Gasteiger partial charge in [0.1, 0.15) is 6.04 Å². The minimum atomic E-state index is -1.23. The van der Waals surface area contributed by atoms with Gasteiger partial charge < -0.3 is 20.4 Å². The van der Waals surface area contributed by atoms with Gasteiger partial charge in [-0.3, -0.25) is 4.79 Å². The number of carboxylic acid groups (broad SMARTS) is 2. The smallest absolute Gasteiger partial charge is 0.326 e. The number of amides is 2. The summed E-state index contributed by atoms with van der Waals surface area (Å²) in [6.45, 7) is 3.87. The van der Waals surface area contributed by atoms with Gasteiger partial charge in [0.2, 0.25) is 0 Å². The summed E-state index contributed by atoms with van der Waals surface area (Å²) < 4.78 is 0. The highest BCUT2D eigenvalue weighted by molar-refractivity contribution is 5.83. The molecule has 0 saturated carbocycles. The van der Waals surface area contributed by atoms with Crippen molar-refractivity contribution in [3.63, 3.8) is 0 Å². The molecule has 0 rings (SSSR count). The van der Waals surface area contributed by atoms with Gasteiger partial charge in [-0.2, -0.15) is 0 Å². The number of nitrogens with one attached hydrogen (secondary N) is 1. The Kier molecular flexibility index (Phi) is 7.55. The summed E-state index contributed by atoms with van der Waals surface area (Å²) in [7, 11) is 1.59. The lowest BCUT2D eigenvalue weighted by atomic mass is 10.1. The van der Waals surface area contributed by atoms with Crippen molar-refractivity contribution in [1.29, 1.82) is 0 Å². The number of rotatable bonds is 8. The quantitative estimate of drug-likeness (QED) is 0.615. The number of nitrogens with zero attached hydrogens (tertiary/aromatic N) is 1. The summed E-state index contributed by atoms with van der Waals surface area (Å²) in [5.41, 5.74) is 0. The van der Waals surface area contributed by atoms with Crippen LogP contribution in [0.5, 0.6) is 0 Å². The van der Waals surface area contributed by atoms with Gasteiger partial charge in [-0.05, 0) is 19.8 Å². The maximum absolute atomic E-state index is 11.8. The molecule has 0 aromatic heterocycles. The minimum Gasteiger partial charge on any atom is -0.481 e. The van der Waals surface area contributed by atoms with Gasteiger partial charge in [-0.25, -0.2) is 9.59 Å². The van der Waals surface area contributed by atoms with E-state index >= 15 is 0 Å². The zero-order valence-corrected chi connectivity index (χ0v) is 11.5. The van der Waals surface area contributed by atoms with Crippen LogP contribution < -0.4 is 5.32 Å². The topological polar surface area (TPSA) is 107 Å². The zero-order chi connectivity index (χ0) is 15.0. The molecule has 3 N–H and O–H groups in total. The molecule has 0 fully saturated rings. The van der Waals surface area contributed by atoms with Crippen LogP contribution in [0.2, 0.25) is 0 Å². The SMILES string of the molecule is CCCC(C)N(C)C(=O)N[C@@H](CCC(=O)O)C(=O)O. The molecule has 0 heterocycles. The lowest BCUT2D eigenvalue weighted by Gasteiger charge is -2.26. The standard InChI is InChI=1S/C12H22N2O5/c1-4-5-8(2)14(3)12(19)13-9(11(17)18)6-7-10(15)16/h8-9H,4-7H2,1-3H3,(H,13,19)(H,15,16)(H,17,18)/t8?,9-/m0/s1. The van der Waals surface area contributed by atoms with E-state index in [2.05, 4.69) is 5.32 Å². The van der Waals surface area contributed by atoms with Crippen LogP contribution in [0.25, 0.3) is 0 Å². The monoisotopic (exact) mass is 274 g/mol. The van der Waals surface area contributed by atoms with E-state index in [1.54, 1.807) is 7.05 Å². The molecule has 7 heteroatoms. The van der Waals surface area contributed by atoms with Crippen molar-refractivity contribution in [3.05, 3.63) is 0 Å². The Balaban J connectivity index is 4.45. The third-order valence-electron chi connectivity index (χ3n) is 2.93. The van der Waals surface area contributed by atoms with Crippen LogP contribution in [0.15, 0.2) is 0 Å². The molecule has 0 bridgehead atoms. The van der Waals surface area contributed by atoms with E-state index in [1.807, 2.05) is 13.8 Å². The maximum atomic E-state index is 11.8. The van der Waals surface area contributed by atoms with Gasteiger partial charge in [0.25, 0.3) is 0 Å². The van der Waals surface area contributed by atoms with Crippen molar-refractivity contribution >= 4 is 18.0 Å². The Labute approximate surface area is 112 Å². The highest BCUT2D eigenvalue weighted by Crippen LogP contribution is 2.05. The van der Waals surface area contributed by atoms with Crippen molar-refractivity contribution < 1.29 is 24.6 Å². The first-order valence-electron chi connectivity index (χ1n) is 6.27. The average molecular weight is 274 g/mol. The first-order chi connectivity index (χ1) is 8.79. The highest BCUT2D eigenvalue weighted by Gasteiger charge is 2.24. The van der Waals surface area contributed by atoms with Crippen molar-refractivity contribution in [2.24, 2.45) is 0 Å². The van der Waals surface area contributed by atoms with Crippen LogP contribution in [-0.2, 0) is 9.59 Å². The van der Waals surface area contributed by atoms with Crippen LogP contribution in [0.1, 0.15) is 39.5 Å². The fourth-order valence-corrected chi connectivity index (χ4v) is 1.59. The van der Waals surface area contributed by atoms with E-state index in [9.17, 15) is 14.4 Å². The Morgan fingerprint density at radius 3 is 2.21 bits per heavy atom. The van der Waals surface area contributed by atoms with Crippen molar-refractivity contribution in [2.45, 2.75) is 51.6 Å². The second kappa shape index (κ2) is 8.34. The van der Waals surface area contributed by atoms with Crippen molar-refractivity contribution in [1.82, 2.24) is 10.2 Å². The number of hydrogen-bond donors (Lipinski definition) is 3. The summed E-state index contributed by atoms with van der Waals surface area (Å²) >= 11 is 0. The summed E-state index contributed by atoms with van der Waals surface area (Å²) in [5.74, 6) is -2.32. The second-order valence-corrected chi connectivity index (χ2v) is 4.52. The molecule has 0 aliphatic heterocycles. The number of carbonyl (C=O) groups excluding carboxylic acids is 1. The van der Waals surface area contributed by atoms with E-state index in [0.717, 1.165) is 12.8 Å². The largest absolute Gasteiger partial charge is 0.481 e. The molecule has 0 radical (unpaired) electrons. The summed E-state index contributed by atoms with van der Waals surface area (Å²) in [5, 5.41) is 19.8. The maximum Gasteiger partial charge on any atom is 0.326 e.